The summed E-state index contributed by atoms with van der Waals surface area (Å²) in [5.41, 5.74) is 7.66. The lowest BCUT2D eigenvalue weighted by molar-refractivity contribution is -0.134. The van der Waals surface area contributed by atoms with Crippen molar-refractivity contribution in [3.05, 3.63) is 70.8 Å². The Balaban J connectivity index is 1.50. The maximum absolute atomic E-state index is 13.7. The van der Waals surface area contributed by atoms with Crippen molar-refractivity contribution < 1.29 is 18.0 Å². The first kappa shape index (κ1) is 29.7. The topological polar surface area (TPSA) is 154 Å². The SMILES string of the molecule is CC(C)[C@@H](NS(=O)(=O)CC1CCCCC1)C(=O)NC1(C(=O)NCc2ccc(C(=N)N)cc2)Cc2ccccc2C1. The second-order valence-electron chi connectivity index (χ2n) is 11.6. The van der Waals surface area contributed by atoms with Crippen LogP contribution in [-0.4, -0.2) is 43.4 Å². The summed E-state index contributed by atoms with van der Waals surface area (Å²) >= 11 is 0. The van der Waals surface area contributed by atoms with Gasteiger partial charge < -0.3 is 16.4 Å². The zero-order chi connectivity index (χ0) is 28.9. The van der Waals surface area contributed by atoms with Crippen LogP contribution >= 0.6 is 0 Å². The monoisotopic (exact) mass is 567 g/mol. The number of amidine groups is 1. The number of hydrogen-bond acceptors (Lipinski definition) is 5. The molecule has 2 amide bonds. The maximum Gasteiger partial charge on any atom is 0.246 e. The van der Waals surface area contributed by atoms with Gasteiger partial charge in [0.05, 0.1) is 5.75 Å². The minimum atomic E-state index is -3.69. The van der Waals surface area contributed by atoms with E-state index in [0.717, 1.165) is 48.8 Å². The number of nitrogens with one attached hydrogen (secondary N) is 4. The van der Waals surface area contributed by atoms with Crippen LogP contribution in [0.1, 0.15) is 68.2 Å². The molecule has 2 aliphatic rings. The number of benzene rings is 2. The molecule has 6 N–H and O–H groups in total. The van der Waals surface area contributed by atoms with Crippen LogP contribution in [0.15, 0.2) is 48.5 Å². The molecule has 0 aliphatic heterocycles. The third kappa shape index (κ3) is 7.28. The molecule has 0 heterocycles. The lowest BCUT2D eigenvalue weighted by Crippen LogP contribution is -2.63. The first-order valence-corrected chi connectivity index (χ1v) is 15.7. The Hall–Kier alpha value is -3.24. The third-order valence-electron chi connectivity index (χ3n) is 8.05. The fourth-order valence-corrected chi connectivity index (χ4v) is 7.60. The molecule has 1 atom stereocenters. The summed E-state index contributed by atoms with van der Waals surface area (Å²) in [6.45, 7) is 3.83. The van der Waals surface area contributed by atoms with Crippen LogP contribution in [0.4, 0.5) is 0 Å². The van der Waals surface area contributed by atoms with Crippen molar-refractivity contribution in [1.29, 1.82) is 5.41 Å². The highest BCUT2D eigenvalue weighted by molar-refractivity contribution is 7.89. The number of nitrogen functional groups attached to an aromatic ring is 1. The molecule has 0 unspecified atom stereocenters. The summed E-state index contributed by atoms with van der Waals surface area (Å²) in [5, 5.41) is 13.5. The quantitative estimate of drug-likeness (QED) is 0.209. The van der Waals surface area contributed by atoms with Crippen LogP contribution in [0.5, 0.6) is 0 Å². The van der Waals surface area contributed by atoms with Gasteiger partial charge >= 0.3 is 0 Å². The molecule has 216 valence electrons. The number of fused-ring (bicyclic) bond motifs is 1. The van der Waals surface area contributed by atoms with Crippen molar-refractivity contribution in [2.24, 2.45) is 17.6 Å². The van der Waals surface area contributed by atoms with Crippen LogP contribution in [-0.2, 0) is 39.0 Å². The summed E-state index contributed by atoms with van der Waals surface area (Å²) < 4.78 is 28.8. The zero-order valence-corrected chi connectivity index (χ0v) is 24.1. The predicted molar refractivity (Wildman–Crippen MR) is 156 cm³/mol. The second-order valence-corrected chi connectivity index (χ2v) is 13.4. The fraction of sp³-hybridized carbons (Fsp3) is 0.500. The van der Waals surface area contributed by atoms with E-state index in [9.17, 15) is 18.0 Å². The van der Waals surface area contributed by atoms with E-state index < -0.39 is 27.5 Å². The van der Waals surface area contributed by atoms with Crippen molar-refractivity contribution in [3.63, 3.8) is 0 Å². The van der Waals surface area contributed by atoms with Gasteiger partial charge in [-0.25, -0.2) is 13.1 Å². The van der Waals surface area contributed by atoms with E-state index >= 15 is 0 Å². The Labute approximate surface area is 237 Å². The molecular weight excluding hydrogens is 526 g/mol. The molecule has 2 aliphatic carbocycles. The van der Waals surface area contributed by atoms with Crippen LogP contribution in [0.2, 0.25) is 0 Å². The van der Waals surface area contributed by atoms with Gasteiger partial charge in [-0.3, -0.25) is 15.0 Å². The molecule has 2 aromatic rings. The zero-order valence-electron chi connectivity index (χ0n) is 23.3. The van der Waals surface area contributed by atoms with E-state index in [-0.39, 0.29) is 35.9 Å². The molecule has 0 bridgehead atoms. The highest BCUT2D eigenvalue weighted by Crippen LogP contribution is 2.31. The van der Waals surface area contributed by atoms with Crippen molar-refractivity contribution in [3.8, 4) is 0 Å². The average Bonchev–Trinajstić information content (AvgIpc) is 3.30. The average molecular weight is 568 g/mol. The van der Waals surface area contributed by atoms with Crippen molar-refractivity contribution >= 4 is 27.7 Å². The molecule has 0 radical (unpaired) electrons. The number of carbonyl (C=O) groups excluding carboxylic acids is 2. The number of amides is 2. The van der Waals surface area contributed by atoms with Crippen molar-refractivity contribution in [2.75, 3.05) is 5.75 Å². The first-order chi connectivity index (χ1) is 19.0. The van der Waals surface area contributed by atoms with Crippen LogP contribution in [0.3, 0.4) is 0 Å². The van der Waals surface area contributed by atoms with Gasteiger partial charge in [-0.15, -0.1) is 0 Å². The Morgan fingerprint density at radius 3 is 2.15 bits per heavy atom. The number of nitrogens with two attached hydrogens (primary N) is 1. The van der Waals surface area contributed by atoms with E-state index in [1.807, 2.05) is 24.3 Å². The Kier molecular flexibility index (Phi) is 9.30. The molecule has 0 aromatic heterocycles. The molecule has 1 fully saturated rings. The summed E-state index contributed by atoms with van der Waals surface area (Å²) in [6.07, 6.45) is 5.60. The molecular formula is C30H41N5O4S. The van der Waals surface area contributed by atoms with Gasteiger partial charge in [-0.2, -0.15) is 0 Å². The highest BCUT2D eigenvalue weighted by Gasteiger charge is 2.46. The minimum Gasteiger partial charge on any atom is -0.384 e. The van der Waals surface area contributed by atoms with Gasteiger partial charge in [0.1, 0.15) is 17.4 Å². The van der Waals surface area contributed by atoms with Gasteiger partial charge in [0.15, 0.2) is 0 Å². The van der Waals surface area contributed by atoms with Gasteiger partial charge in [0.25, 0.3) is 0 Å². The summed E-state index contributed by atoms with van der Waals surface area (Å²) in [5.74, 6) is -1.06. The highest BCUT2D eigenvalue weighted by atomic mass is 32.2. The first-order valence-electron chi connectivity index (χ1n) is 14.1. The van der Waals surface area contributed by atoms with Gasteiger partial charge in [-0.05, 0) is 41.4 Å². The number of rotatable bonds is 11. The molecule has 2 aromatic carbocycles. The van der Waals surface area contributed by atoms with E-state index in [4.69, 9.17) is 11.1 Å². The Morgan fingerprint density at radius 1 is 1.00 bits per heavy atom. The molecule has 0 saturated heterocycles. The molecule has 1 saturated carbocycles. The molecule has 40 heavy (non-hydrogen) atoms. The lowest BCUT2D eigenvalue weighted by Gasteiger charge is -2.32. The number of sulfonamides is 1. The molecule has 0 spiro atoms. The number of carbonyl (C=O) groups is 2. The van der Waals surface area contributed by atoms with E-state index in [1.54, 1.807) is 38.1 Å². The number of hydrogen-bond donors (Lipinski definition) is 5. The molecule has 10 heteroatoms. The maximum atomic E-state index is 13.7. The van der Waals surface area contributed by atoms with Crippen LogP contribution in [0, 0.1) is 17.2 Å². The van der Waals surface area contributed by atoms with E-state index in [1.165, 1.54) is 0 Å². The second kappa shape index (κ2) is 12.5. The van der Waals surface area contributed by atoms with Crippen LogP contribution in [0.25, 0.3) is 0 Å². The van der Waals surface area contributed by atoms with Crippen molar-refractivity contribution in [1.82, 2.24) is 15.4 Å². The third-order valence-corrected chi connectivity index (χ3v) is 9.58. The smallest absolute Gasteiger partial charge is 0.246 e. The van der Waals surface area contributed by atoms with E-state index in [0.29, 0.717) is 18.4 Å². The molecule has 9 nitrogen and oxygen atoms in total. The normalized spacial score (nSPS) is 17.7. The molecule has 4 rings (SSSR count). The van der Waals surface area contributed by atoms with Gasteiger partial charge in [-0.1, -0.05) is 81.6 Å². The van der Waals surface area contributed by atoms with E-state index in [2.05, 4.69) is 15.4 Å². The largest absolute Gasteiger partial charge is 0.384 e. The minimum absolute atomic E-state index is 0.0169. The predicted octanol–water partition coefficient (Wildman–Crippen LogP) is 2.76. The summed E-state index contributed by atoms with van der Waals surface area (Å²) in [7, 11) is -3.69. The summed E-state index contributed by atoms with van der Waals surface area (Å²) in [4.78, 5) is 27.4. The summed E-state index contributed by atoms with van der Waals surface area (Å²) in [6, 6.07) is 13.7. The standard InChI is InChI=1S/C30H41N5O4S/c1-20(2)26(35-40(38,39)19-22-8-4-3-5-9-22)28(36)34-30(16-24-10-6-7-11-25(24)17-30)29(37)33-18-21-12-14-23(15-13-21)27(31)32/h6-7,10-15,20,22,26,35H,3-5,8-9,16-19H2,1-2H3,(H3,31,32)(H,33,37)(H,34,36)/t26-/m1/s1. The Morgan fingerprint density at radius 2 is 1.60 bits per heavy atom. The Bertz CT molecular complexity index is 1310. The fourth-order valence-electron chi connectivity index (χ4n) is 5.79. The van der Waals surface area contributed by atoms with Crippen LogP contribution < -0.4 is 21.1 Å². The van der Waals surface area contributed by atoms with Gasteiger partial charge in [0.2, 0.25) is 21.8 Å². The van der Waals surface area contributed by atoms with Crippen molar-refractivity contribution in [2.45, 2.75) is 76.9 Å². The van der Waals surface area contributed by atoms with Gasteiger partial charge in [0, 0.05) is 24.9 Å². The lowest BCUT2D eigenvalue weighted by atomic mass is 9.91.